The molecule has 0 amide bonds. The van der Waals surface area contributed by atoms with Crippen LogP contribution in [-0.4, -0.2) is 26.2 Å². The van der Waals surface area contributed by atoms with Crippen molar-refractivity contribution in [3.63, 3.8) is 0 Å². The minimum Gasteiger partial charge on any atom is -0.395 e. The Morgan fingerprint density at radius 2 is 1.95 bits per heavy atom. The van der Waals surface area contributed by atoms with Gasteiger partial charge in [0, 0.05) is 10.5 Å². The van der Waals surface area contributed by atoms with Gasteiger partial charge in [0.1, 0.15) is 4.21 Å². The summed E-state index contributed by atoms with van der Waals surface area (Å²) >= 11 is 4.35. The number of halogens is 1. The molecular weight excluding hydrogens is 362 g/mol. The van der Waals surface area contributed by atoms with Gasteiger partial charge in [0.25, 0.3) is 10.0 Å². The van der Waals surface area contributed by atoms with Crippen molar-refractivity contribution in [2.45, 2.75) is 16.7 Å². The van der Waals surface area contributed by atoms with Crippen molar-refractivity contribution in [2.24, 2.45) is 0 Å². The highest BCUT2D eigenvalue weighted by molar-refractivity contribution is 9.10. The van der Waals surface area contributed by atoms with Crippen LogP contribution in [0.2, 0.25) is 0 Å². The topological polar surface area (TPSA) is 66.4 Å². The first-order valence-electron chi connectivity index (χ1n) is 5.93. The van der Waals surface area contributed by atoms with Gasteiger partial charge < -0.3 is 5.11 Å². The fourth-order valence-electron chi connectivity index (χ4n) is 1.79. The van der Waals surface area contributed by atoms with E-state index in [0.29, 0.717) is 10.9 Å². The van der Waals surface area contributed by atoms with Crippen LogP contribution in [0.3, 0.4) is 0 Å². The van der Waals surface area contributed by atoms with E-state index in [1.807, 2.05) is 30.3 Å². The number of aliphatic hydroxyl groups is 1. The molecule has 0 spiro atoms. The molecule has 0 radical (unpaired) electrons. The molecule has 2 aromatic rings. The van der Waals surface area contributed by atoms with Crippen LogP contribution < -0.4 is 4.72 Å². The van der Waals surface area contributed by atoms with Gasteiger partial charge in [-0.25, -0.2) is 13.1 Å². The van der Waals surface area contributed by atoms with Crippen molar-refractivity contribution in [1.29, 1.82) is 0 Å². The summed E-state index contributed by atoms with van der Waals surface area (Å²) in [5.41, 5.74) is 0.972. The molecule has 0 aliphatic rings. The maximum absolute atomic E-state index is 12.2. The summed E-state index contributed by atoms with van der Waals surface area (Å²) in [4.78, 5) is 0. The molecular formula is C13H14BrNO3S2. The van der Waals surface area contributed by atoms with Gasteiger partial charge in [0.15, 0.2) is 0 Å². The first-order chi connectivity index (χ1) is 9.53. The number of hydrogen-bond acceptors (Lipinski definition) is 4. The number of benzene rings is 1. The molecule has 1 heterocycles. The Hall–Kier alpha value is -0.730. The van der Waals surface area contributed by atoms with Crippen molar-refractivity contribution in [2.75, 3.05) is 6.61 Å². The van der Waals surface area contributed by atoms with Gasteiger partial charge >= 0.3 is 0 Å². The van der Waals surface area contributed by atoms with Crippen LogP contribution in [0, 0.1) is 0 Å². The van der Waals surface area contributed by atoms with Gasteiger partial charge in [-0.3, -0.25) is 0 Å². The predicted molar refractivity (Wildman–Crippen MR) is 83.4 cm³/mol. The second kappa shape index (κ2) is 6.82. The highest BCUT2D eigenvalue weighted by Gasteiger charge is 2.23. The van der Waals surface area contributed by atoms with E-state index in [-0.39, 0.29) is 10.8 Å². The molecule has 1 aromatic carbocycles. The molecule has 20 heavy (non-hydrogen) atoms. The molecule has 1 aromatic heterocycles. The summed E-state index contributed by atoms with van der Waals surface area (Å²) < 4.78 is 27.8. The maximum Gasteiger partial charge on any atom is 0.251 e. The van der Waals surface area contributed by atoms with E-state index in [4.69, 9.17) is 0 Å². The summed E-state index contributed by atoms with van der Waals surface area (Å²) in [7, 11) is -3.62. The SMILES string of the molecule is O=S(=O)(NC(CO)Cc1ccccc1)c1sccc1Br. The number of thiophene rings is 1. The largest absolute Gasteiger partial charge is 0.395 e. The number of rotatable bonds is 6. The Bertz CT molecular complexity index is 655. The standard InChI is InChI=1S/C13H14BrNO3S2/c14-12-6-7-19-13(12)20(17,18)15-11(9-16)8-10-4-2-1-3-5-10/h1-7,11,15-16H,8-9H2. The van der Waals surface area contributed by atoms with E-state index in [1.54, 1.807) is 11.4 Å². The number of aliphatic hydroxyl groups excluding tert-OH is 1. The second-order valence-electron chi connectivity index (χ2n) is 4.25. The van der Waals surface area contributed by atoms with Crippen molar-refractivity contribution >= 4 is 37.3 Å². The second-order valence-corrected chi connectivity index (χ2v) is 7.93. The molecule has 0 saturated carbocycles. The molecule has 2 N–H and O–H groups in total. The van der Waals surface area contributed by atoms with Gasteiger partial charge in [-0.05, 0) is 39.4 Å². The smallest absolute Gasteiger partial charge is 0.251 e. The molecule has 0 aliphatic carbocycles. The summed E-state index contributed by atoms with van der Waals surface area (Å²) in [6, 6.07) is 10.6. The summed E-state index contributed by atoms with van der Waals surface area (Å²) in [5, 5.41) is 11.1. The van der Waals surface area contributed by atoms with E-state index >= 15 is 0 Å². The number of sulfonamides is 1. The molecule has 0 bridgehead atoms. The third kappa shape index (κ3) is 3.89. The van der Waals surface area contributed by atoms with Gasteiger partial charge in [-0.2, -0.15) is 0 Å². The number of hydrogen-bond donors (Lipinski definition) is 2. The zero-order valence-electron chi connectivity index (χ0n) is 10.5. The van der Waals surface area contributed by atoms with Crippen LogP contribution in [0.5, 0.6) is 0 Å². The van der Waals surface area contributed by atoms with Gasteiger partial charge in [-0.1, -0.05) is 30.3 Å². The Labute approximate surface area is 130 Å². The average Bonchev–Trinajstić information content (AvgIpc) is 2.86. The molecule has 4 nitrogen and oxygen atoms in total. The maximum atomic E-state index is 12.2. The van der Waals surface area contributed by atoms with E-state index in [9.17, 15) is 13.5 Å². The van der Waals surface area contributed by atoms with E-state index in [0.717, 1.165) is 16.9 Å². The third-order valence-corrected chi connectivity index (χ3v) is 6.89. The van der Waals surface area contributed by atoms with Gasteiger partial charge in [-0.15, -0.1) is 11.3 Å². The molecule has 1 atom stereocenters. The fraction of sp³-hybridized carbons (Fsp3) is 0.231. The predicted octanol–water partition coefficient (Wildman–Crippen LogP) is 2.39. The molecule has 0 fully saturated rings. The quantitative estimate of drug-likeness (QED) is 0.814. The molecule has 2 rings (SSSR count). The lowest BCUT2D eigenvalue weighted by Gasteiger charge is -2.16. The highest BCUT2D eigenvalue weighted by Crippen LogP contribution is 2.27. The lowest BCUT2D eigenvalue weighted by Crippen LogP contribution is -2.38. The van der Waals surface area contributed by atoms with Crippen LogP contribution in [-0.2, 0) is 16.4 Å². The third-order valence-electron chi connectivity index (χ3n) is 2.70. The Balaban J connectivity index is 2.12. The first-order valence-corrected chi connectivity index (χ1v) is 9.08. The van der Waals surface area contributed by atoms with Crippen LogP contribution in [0.25, 0.3) is 0 Å². The van der Waals surface area contributed by atoms with Gasteiger partial charge in [0.05, 0.1) is 6.61 Å². The monoisotopic (exact) mass is 375 g/mol. The highest BCUT2D eigenvalue weighted by atomic mass is 79.9. The van der Waals surface area contributed by atoms with E-state index < -0.39 is 16.1 Å². The van der Waals surface area contributed by atoms with Crippen LogP contribution in [0.15, 0.2) is 50.5 Å². The van der Waals surface area contributed by atoms with E-state index in [1.165, 1.54) is 0 Å². The van der Waals surface area contributed by atoms with Crippen LogP contribution in [0.1, 0.15) is 5.56 Å². The van der Waals surface area contributed by atoms with Crippen LogP contribution in [0.4, 0.5) is 0 Å². The molecule has 108 valence electrons. The van der Waals surface area contributed by atoms with Crippen molar-refractivity contribution in [1.82, 2.24) is 4.72 Å². The molecule has 1 unspecified atom stereocenters. The van der Waals surface area contributed by atoms with Crippen molar-refractivity contribution in [3.8, 4) is 0 Å². The minimum atomic E-state index is -3.62. The lowest BCUT2D eigenvalue weighted by atomic mass is 10.1. The summed E-state index contributed by atoms with van der Waals surface area (Å²) in [6.07, 6.45) is 0.444. The average molecular weight is 376 g/mol. The summed E-state index contributed by atoms with van der Waals surface area (Å²) in [6.45, 7) is -0.253. The van der Waals surface area contributed by atoms with Gasteiger partial charge in [0.2, 0.25) is 0 Å². The normalized spacial score (nSPS) is 13.3. The van der Waals surface area contributed by atoms with Crippen molar-refractivity contribution in [3.05, 3.63) is 51.8 Å². The number of nitrogens with one attached hydrogen (secondary N) is 1. The minimum absolute atomic E-state index is 0.226. The molecule has 0 saturated heterocycles. The molecule has 7 heteroatoms. The Kier molecular flexibility index (Phi) is 5.34. The lowest BCUT2D eigenvalue weighted by molar-refractivity contribution is 0.256. The van der Waals surface area contributed by atoms with E-state index in [2.05, 4.69) is 20.7 Å². The first kappa shape index (κ1) is 15.7. The van der Waals surface area contributed by atoms with Crippen molar-refractivity contribution < 1.29 is 13.5 Å². The Morgan fingerprint density at radius 3 is 2.50 bits per heavy atom. The fourth-order valence-corrected chi connectivity index (χ4v) is 5.37. The zero-order valence-corrected chi connectivity index (χ0v) is 13.7. The summed E-state index contributed by atoms with van der Waals surface area (Å²) in [5.74, 6) is 0. The Morgan fingerprint density at radius 1 is 1.25 bits per heavy atom. The zero-order chi connectivity index (χ0) is 14.6. The molecule has 0 aliphatic heterocycles. The van der Waals surface area contributed by atoms with Crippen LogP contribution >= 0.6 is 27.3 Å².